The highest BCUT2D eigenvalue weighted by Gasteiger charge is 2.17. The molecular weight excluding hydrogens is 180 g/mol. The summed E-state index contributed by atoms with van der Waals surface area (Å²) < 4.78 is 4.84. The predicted octanol–water partition coefficient (Wildman–Crippen LogP) is 1.68. The first-order valence-electron chi connectivity index (χ1n) is 4.38. The maximum Gasteiger partial charge on any atom is 0.355 e. The molecule has 0 amide bonds. The molecule has 0 saturated carbocycles. The monoisotopic (exact) mass is 192 g/mol. The van der Waals surface area contributed by atoms with E-state index in [1.807, 2.05) is 6.07 Å². The van der Waals surface area contributed by atoms with E-state index in [1.54, 1.807) is 20.8 Å². The van der Waals surface area contributed by atoms with E-state index >= 15 is 0 Å². The first kappa shape index (κ1) is 10.3. The molecule has 0 spiro atoms. The van der Waals surface area contributed by atoms with Crippen molar-refractivity contribution in [1.29, 1.82) is 5.26 Å². The summed E-state index contributed by atoms with van der Waals surface area (Å²) in [7, 11) is 0. The van der Waals surface area contributed by atoms with Gasteiger partial charge in [0.1, 0.15) is 11.8 Å². The summed E-state index contributed by atoms with van der Waals surface area (Å²) in [6.45, 7) is 5.56. The van der Waals surface area contributed by atoms with Crippen LogP contribution in [-0.2, 0) is 4.74 Å². The second kappa shape index (κ2) is 3.97. The van der Waals surface area contributed by atoms with Crippen LogP contribution in [0.4, 0.5) is 0 Å². The van der Waals surface area contributed by atoms with Crippen molar-refractivity contribution in [1.82, 2.24) is 4.98 Å². The highest BCUT2D eigenvalue weighted by Crippen LogP contribution is 2.17. The highest BCUT2D eigenvalue weighted by atomic mass is 16.5. The van der Waals surface area contributed by atoms with Gasteiger partial charge in [-0.15, -0.1) is 0 Å². The number of hydrogen-bond donors (Lipinski definition) is 1. The largest absolute Gasteiger partial charge is 0.461 e. The highest BCUT2D eigenvalue weighted by molar-refractivity contribution is 5.90. The Balaban J connectivity index is 3.13. The van der Waals surface area contributed by atoms with Gasteiger partial charge in [-0.1, -0.05) is 0 Å². The van der Waals surface area contributed by atoms with Crippen LogP contribution in [0.1, 0.15) is 34.2 Å². The summed E-state index contributed by atoms with van der Waals surface area (Å²) in [5.41, 5.74) is 2.26. The third-order valence-corrected chi connectivity index (χ3v) is 2.03. The topological polar surface area (TPSA) is 65.9 Å². The van der Waals surface area contributed by atoms with Crippen LogP contribution in [0, 0.1) is 25.2 Å². The lowest BCUT2D eigenvalue weighted by molar-refractivity contribution is 0.0519. The molecule has 74 valence electrons. The maximum absolute atomic E-state index is 11.4. The van der Waals surface area contributed by atoms with Crippen LogP contribution in [0.3, 0.4) is 0 Å². The van der Waals surface area contributed by atoms with Crippen molar-refractivity contribution in [2.45, 2.75) is 20.8 Å². The lowest BCUT2D eigenvalue weighted by Gasteiger charge is -1.99. The minimum absolute atomic E-state index is 0.332. The molecule has 0 atom stereocenters. The normalized spacial score (nSPS) is 9.57. The van der Waals surface area contributed by atoms with Gasteiger partial charge in [-0.3, -0.25) is 0 Å². The van der Waals surface area contributed by atoms with Crippen LogP contribution < -0.4 is 0 Å². The zero-order chi connectivity index (χ0) is 10.7. The summed E-state index contributed by atoms with van der Waals surface area (Å²) in [6.07, 6.45) is 0. The lowest BCUT2D eigenvalue weighted by atomic mass is 10.1. The molecule has 0 fully saturated rings. The van der Waals surface area contributed by atoms with E-state index in [9.17, 15) is 4.79 Å². The fourth-order valence-corrected chi connectivity index (χ4v) is 1.33. The molecule has 0 aromatic carbocycles. The van der Waals surface area contributed by atoms with Crippen LogP contribution in [0.25, 0.3) is 0 Å². The smallest absolute Gasteiger partial charge is 0.355 e. The van der Waals surface area contributed by atoms with Crippen molar-refractivity contribution in [2.75, 3.05) is 6.61 Å². The third-order valence-electron chi connectivity index (χ3n) is 2.03. The average molecular weight is 192 g/mol. The number of aromatic nitrogens is 1. The molecule has 1 heterocycles. The summed E-state index contributed by atoms with van der Waals surface area (Å²) in [5, 5.41) is 8.80. The first-order valence-corrected chi connectivity index (χ1v) is 4.38. The zero-order valence-corrected chi connectivity index (χ0v) is 8.47. The maximum atomic E-state index is 11.4. The van der Waals surface area contributed by atoms with Gasteiger partial charge in [-0.2, -0.15) is 5.26 Å². The van der Waals surface area contributed by atoms with Gasteiger partial charge in [0.15, 0.2) is 0 Å². The first-order chi connectivity index (χ1) is 6.61. The van der Waals surface area contributed by atoms with Gasteiger partial charge in [0.2, 0.25) is 0 Å². The number of nitriles is 1. The number of esters is 1. The lowest BCUT2D eigenvalue weighted by Crippen LogP contribution is -2.06. The van der Waals surface area contributed by atoms with Crippen molar-refractivity contribution in [2.24, 2.45) is 0 Å². The summed E-state index contributed by atoms with van der Waals surface area (Å²) in [4.78, 5) is 14.2. The minimum atomic E-state index is -0.408. The molecule has 0 unspecified atom stereocenters. The van der Waals surface area contributed by atoms with Crippen LogP contribution in [-0.4, -0.2) is 17.6 Å². The third kappa shape index (κ3) is 1.62. The van der Waals surface area contributed by atoms with Crippen LogP contribution >= 0.6 is 0 Å². The molecule has 1 rings (SSSR count). The Bertz CT molecular complexity index is 399. The van der Waals surface area contributed by atoms with Crippen molar-refractivity contribution < 1.29 is 9.53 Å². The predicted molar refractivity (Wildman–Crippen MR) is 50.9 cm³/mol. The number of carbonyl (C=O) groups excluding carboxylic acids is 1. The Labute approximate surface area is 82.5 Å². The van der Waals surface area contributed by atoms with Crippen LogP contribution in [0.2, 0.25) is 0 Å². The molecule has 0 aliphatic carbocycles. The molecule has 4 nitrogen and oxygen atoms in total. The average Bonchev–Trinajstić information content (AvgIpc) is 2.42. The molecular formula is C10H12N2O2. The number of carbonyl (C=O) groups is 1. The molecule has 1 aromatic rings. The number of hydrogen-bond acceptors (Lipinski definition) is 3. The van der Waals surface area contributed by atoms with Gasteiger partial charge in [0.05, 0.1) is 12.2 Å². The van der Waals surface area contributed by atoms with Crippen molar-refractivity contribution in [3.05, 3.63) is 22.5 Å². The fourth-order valence-electron chi connectivity index (χ4n) is 1.33. The quantitative estimate of drug-likeness (QED) is 0.725. The van der Waals surface area contributed by atoms with E-state index in [0.29, 0.717) is 29.1 Å². The molecule has 0 aliphatic rings. The van der Waals surface area contributed by atoms with E-state index in [2.05, 4.69) is 4.98 Å². The van der Waals surface area contributed by atoms with E-state index in [-0.39, 0.29) is 0 Å². The number of rotatable bonds is 2. The van der Waals surface area contributed by atoms with Gasteiger partial charge in [0.25, 0.3) is 0 Å². The number of aromatic amines is 1. The van der Waals surface area contributed by atoms with Crippen molar-refractivity contribution in [3.63, 3.8) is 0 Å². The van der Waals surface area contributed by atoms with Crippen molar-refractivity contribution in [3.8, 4) is 6.07 Å². The molecule has 14 heavy (non-hydrogen) atoms. The van der Waals surface area contributed by atoms with Gasteiger partial charge in [0, 0.05) is 5.69 Å². The second-order valence-electron chi connectivity index (χ2n) is 2.96. The Morgan fingerprint density at radius 1 is 1.57 bits per heavy atom. The minimum Gasteiger partial charge on any atom is -0.461 e. The number of aryl methyl sites for hydroxylation is 1. The molecule has 0 bridgehead atoms. The Hall–Kier alpha value is -1.76. The fraction of sp³-hybridized carbons (Fsp3) is 0.400. The molecule has 0 aliphatic heterocycles. The molecule has 1 aromatic heterocycles. The van der Waals surface area contributed by atoms with Crippen molar-refractivity contribution >= 4 is 5.97 Å². The molecule has 0 radical (unpaired) electrons. The van der Waals surface area contributed by atoms with E-state index in [1.165, 1.54) is 0 Å². The number of H-pyrrole nitrogens is 1. The van der Waals surface area contributed by atoms with E-state index < -0.39 is 5.97 Å². The van der Waals surface area contributed by atoms with Crippen LogP contribution in [0.15, 0.2) is 0 Å². The van der Waals surface area contributed by atoms with E-state index in [4.69, 9.17) is 10.00 Å². The summed E-state index contributed by atoms with van der Waals surface area (Å²) >= 11 is 0. The molecule has 4 heteroatoms. The second-order valence-corrected chi connectivity index (χ2v) is 2.96. The number of ether oxygens (including phenoxy) is 1. The SMILES string of the molecule is CCOC(=O)c1[nH]c(C)c(C#N)c1C. The Morgan fingerprint density at radius 3 is 2.64 bits per heavy atom. The van der Waals surface area contributed by atoms with Gasteiger partial charge in [-0.25, -0.2) is 4.79 Å². The number of nitrogens with zero attached hydrogens (tertiary/aromatic N) is 1. The van der Waals surface area contributed by atoms with Crippen LogP contribution in [0.5, 0.6) is 0 Å². The van der Waals surface area contributed by atoms with Gasteiger partial charge < -0.3 is 9.72 Å². The standard InChI is InChI=1S/C10H12N2O2/c1-4-14-10(13)9-6(2)8(5-11)7(3)12-9/h12H,4H2,1-3H3. The summed E-state index contributed by atoms with van der Waals surface area (Å²) in [6, 6.07) is 2.04. The van der Waals surface area contributed by atoms with E-state index in [0.717, 1.165) is 0 Å². The Morgan fingerprint density at radius 2 is 2.21 bits per heavy atom. The summed E-state index contributed by atoms with van der Waals surface area (Å²) in [5.74, 6) is -0.408. The Kier molecular flexibility index (Phi) is 2.92. The molecule has 1 N–H and O–H groups in total. The van der Waals surface area contributed by atoms with Gasteiger partial charge >= 0.3 is 5.97 Å². The molecule has 0 saturated heterocycles. The zero-order valence-electron chi connectivity index (χ0n) is 8.47. The number of nitrogens with one attached hydrogen (secondary N) is 1. The van der Waals surface area contributed by atoms with Gasteiger partial charge in [-0.05, 0) is 26.3 Å².